The Labute approximate surface area is 407 Å². The van der Waals surface area contributed by atoms with Gasteiger partial charge in [0.05, 0.1) is 0 Å². The van der Waals surface area contributed by atoms with Crippen molar-refractivity contribution in [3.05, 3.63) is 70.8 Å². The van der Waals surface area contributed by atoms with Crippen LogP contribution in [0.3, 0.4) is 0 Å². The molecule has 4 amide bonds. The van der Waals surface area contributed by atoms with Crippen LogP contribution in [-0.2, 0) is 0 Å². The highest BCUT2D eigenvalue weighted by atomic mass is 35.5. The lowest BCUT2D eigenvalue weighted by Gasteiger charge is -2.12. The van der Waals surface area contributed by atoms with Crippen LogP contribution in [0.25, 0.3) is 0 Å². The number of ether oxygens (including phenoxy) is 6. The molecule has 6 N–H and O–H groups in total. The Morgan fingerprint density at radius 1 is 0.429 bits per heavy atom. The number of carbonyl (C=O) groups is 8. The predicted octanol–water partition coefficient (Wildman–Crippen LogP) is 5.21. The molecule has 0 saturated carbocycles. The summed E-state index contributed by atoms with van der Waals surface area (Å²) < 4.78 is 29.9. The lowest BCUT2D eigenvalue weighted by atomic mass is 10.1. The van der Waals surface area contributed by atoms with Crippen molar-refractivity contribution in [3.8, 4) is 69.0 Å². The van der Waals surface area contributed by atoms with Gasteiger partial charge in [0.25, 0.3) is 0 Å². The van der Waals surface area contributed by atoms with E-state index in [4.69, 9.17) is 61.8 Å². The molecule has 376 valence electrons. The van der Waals surface area contributed by atoms with E-state index < -0.39 is 22.9 Å². The number of carbonyl (C=O) groups excluding carboxylic acids is 8. The molecule has 70 heavy (non-hydrogen) atoms. The van der Waals surface area contributed by atoms with Crippen LogP contribution >= 0.6 is 23.2 Å². The number of phenols is 6. The van der Waals surface area contributed by atoms with Gasteiger partial charge < -0.3 is 78.7 Å². The highest BCUT2D eigenvalue weighted by Crippen LogP contribution is 2.40. The van der Waals surface area contributed by atoms with Crippen molar-refractivity contribution in [1.82, 2.24) is 19.6 Å². The summed E-state index contributed by atoms with van der Waals surface area (Å²) in [5, 5.41) is 54.6. The maximum Gasteiger partial charge on any atom is 0.414 e. The van der Waals surface area contributed by atoms with E-state index in [9.17, 15) is 58.8 Å². The van der Waals surface area contributed by atoms with Gasteiger partial charge in [-0.3, -0.25) is 28.8 Å². The second kappa shape index (κ2) is 24.6. The number of halogens is 2. The fourth-order valence-corrected chi connectivity index (χ4v) is 5.28. The number of hydrogen-bond acceptors (Lipinski definition) is 20. The molecule has 0 aliphatic carbocycles. The largest absolute Gasteiger partial charge is 0.508 e. The number of phenolic OH excluding ortho intramolecular Hbond substituents is 6. The Hall–Kier alpha value is -8.38. The van der Waals surface area contributed by atoms with E-state index in [1.54, 1.807) is 28.2 Å². The number of Topliss-reactive ketones (excluding diaryl/α,β-unsaturated/α-hetero) is 4. The summed E-state index contributed by atoms with van der Waals surface area (Å²) in [7, 11) is 12.5. The fraction of sp³-hybridized carbons (Fsp3) is 0.273. The van der Waals surface area contributed by atoms with E-state index in [1.807, 2.05) is 0 Å². The van der Waals surface area contributed by atoms with Crippen molar-refractivity contribution in [2.24, 2.45) is 0 Å². The van der Waals surface area contributed by atoms with Gasteiger partial charge >= 0.3 is 22.9 Å². The number of rotatable bonds is 2. The first-order valence-corrected chi connectivity index (χ1v) is 20.4. The van der Waals surface area contributed by atoms with Gasteiger partial charge in [-0.05, 0) is 23.2 Å². The first kappa shape index (κ1) is 55.9. The maximum atomic E-state index is 11.5. The maximum absolute atomic E-state index is 11.5. The zero-order chi connectivity index (χ0) is 52.9. The fourth-order valence-electron chi connectivity index (χ4n) is 5.28. The van der Waals surface area contributed by atoms with E-state index in [2.05, 4.69) is 0 Å². The number of aromatic hydroxyl groups is 6. The highest BCUT2D eigenvalue weighted by molar-refractivity contribution is 6.63. The minimum Gasteiger partial charge on any atom is -0.508 e. The third kappa shape index (κ3) is 15.3. The van der Waals surface area contributed by atoms with Crippen LogP contribution in [0.1, 0.15) is 41.4 Å². The second-order valence-electron chi connectivity index (χ2n) is 15.0. The summed E-state index contributed by atoms with van der Waals surface area (Å²) >= 11 is 9.80. The minimum absolute atomic E-state index is 0.0150. The van der Waals surface area contributed by atoms with Gasteiger partial charge in [-0.1, -0.05) is 0 Å². The van der Waals surface area contributed by atoms with E-state index in [1.165, 1.54) is 84.2 Å². The van der Waals surface area contributed by atoms with E-state index in [0.717, 1.165) is 12.1 Å². The number of ketones is 4. The first-order chi connectivity index (χ1) is 32.6. The molecule has 0 unspecified atom stereocenters. The minimum atomic E-state index is -0.627. The van der Waals surface area contributed by atoms with Crippen LogP contribution in [0, 0.1) is 0 Å². The van der Waals surface area contributed by atoms with Crippen molar-refractivity contribution >= 4 is 69.3 Å². The number of benzene rings is 4. The van der Waals surface area contributed by atoms with Gasteiger partial charge in [0.15, 0.2) is 32.2 Å². The molecule has 0 radical (unpaired) electrons. The third-order valence-electron chi connectivity index (χ3n) is 8.62. The zero-order valence-corrected chi connectivity index (χ0v) is 39.9. The van der Waals surface area contributed by atoms with Crippen LogP contribution in [0.5, 0.6) is 69.0 Å². The molecule has 4 heterocycles. The number of hydrogen-bond donors (Lipinski definition) is 6. The summed E-state index contributed by atoms with van der Waals surface area (Å²) in [6.45, 7) is -0.335. The average Bonchev–Trinajstić information content (AvgIpc) is 4.04. The number of amides is 4. The Kier molecular flexibility index (Phi) is 19.6. The third-order valence-corrected chi connectivity index (χ3v) is 9.30. The topological polar surface area (TPSA) is 326 Å². The SMILES string of the molecule is CN(C)C(=O)Cl.CN(C)C(=O)Cl.CN(C)C(=O)Oc1cc(O)c2c(c1)OCC2=O.CN(C)C(=O)Oc1cc(O)cc2c1C(=O)CO2.O=C1COc2cc(O)cc(O)c21.O=C1COc2cc(O)cc(O)c21. The summed E-state index contributed by atoms with van der Waals surface area (Å²) in [4.78, 5) is 92.4. The van der Waals surface area contributed by atoms with Gasteiger partial charge in [-0.2, -0.15) is 0 Å². The van der Waals surface area contributed by atoms with E-state index in [-0.39, 0.29) is 141 Å². The van der Waals surface area contributed by atoms with Crippen LogP contribution in [0.4, 0.5) is 19.2 Å². The highest BCUT2D eigenvalue weighted by Gasteiger charge is 2.30. The molecule has 0 fully saturated rings. The quantitative estimate of drug-likeness (QED) is 0.111. The molecule has 4 aliphatic heterocycles. The molecule has 24 nitrogen and oxygen atoms in total. The van der Waals surface area contributed by atoms with Crippen LogP contribution in [0.15, 0.2) is 48.5 Å². The molecule has 0 aromatic heterocycles. The lowest BCUT2D eigenvalue weighted by molar-refractivity contribution is 0.0951. The summed E-state index contributed by atoms with van der Waals surface area (Å²) in [5.74, 6) is -1.03. The zero-order valence-electron chi connectivity index (χ0n) is 38.4. The van der Waals surface area contributed by atoms with Gasteiger partial charge in [-0.15, -0.1) is 0 Å². The molecular formula is C44H46Cl2N4O20. The van der Waals surface area contributed by atoms with Crippen LogP contribution in [-0.4, -0.2) is 179 Å². The van der Waals surface area contributed by atoms with E-state index in [0.29, 0.717) is 0 Å². The van der Waals surface area contributed by atoms with Crippen molar-refractivity contribution in [1.29, 1.82) is 0 Å². The molecule has 0 saturated heterocycles. The summed E-state index contributed by atoms with van der Waals surface area (Å²) in [6.07, 6.45) is -1.20. The van der Waals surface area contributed by atoms with Crippen molar-refractivity contribution in [2.75, 3.05) is 82.8 Å². The molecule has 4 aliphatic rings. The molecular weight excluding hydrogens is 975 g/mol. The first-order valence-electron chi connectivity index (χ1n) is 19.6. The van der Waals surface area contributed by atoms with Crippen molar-refractivity contribution in [2.45, 2.75) is 0 Å². The normalized spacial score (nSPS) is 12.5. The second-order valence-corrected chi connectivity index (χ2v) is 15.6. The number of fused-ring (bicyclic) bond motifs is 4. The molecule has 0 bridgehead atoms. The van der Waals surface area contributed by atoms with Gasteiger partial charge in [0.2, 0.25) is 23.1 Å². The molecule has 0 atom stereocenters. The summed E-state index contributed by atoms with van der Waals surface area (Å²) in [5.41, 5.74) is 0.647. The molecule has 26 heteroatoms. The average molecular weight is 1020 g/mol. The predicted molar refractivity (Wildman–Crippen MR) is 244 cm³/mol. The molecule has 4 aromatic carbocycles. The van der Waals surface area contributed by atoms with Gasteiger partial charge in [0.1, 0.15) is 85.5 Å². The standard InChI is InChI=1S/2C11H11NO5.2C8H6O4.2C3H6ClNO/c1-12(2)11(15)17-9-4-6(13)3-8-10(9)7(14)5-16-8;1-12(2)11(15)17-6-3-7(13)10-8(14)5-16-9(10)4-6;2*9-4-1-5(10)8-6(11)3-12-7(8)2-4;2*1-5(2)3(4)6/h2*3-4,13H,5H2,1-2H3;2*1-2,9-10H,3H2;2*1-2H3. The summed E-state index contributed by atoms with van der Waals surface area (Å²) in [6, 6.07) is 9.99. The lowest BCUT2D eigenvalue weighted by Crippen LogP contribution is -2.25. The molecule has 4 aromatic rings. The smallest absolute Gasteiger partial charge is 0.414 e. The Bertz CT molecular complexity index is 2600. The van der Waals surface area contributed by atoms with Gasteiger partial charge in [-0.25, -0.2) is 9.59 Å². The van der Waals surface area contributed by atoms with E-state index >= 15 is 0 Å². The molecule has 0 spiro atoms. The monoisotopic (exact) mass is 1020 g/mol. The van der Waals surface area contributed by atoms with Crippen molar-refractivity contribution in [3.63, 3.8) is 0 Å². The van der Waals surface area contributed by atoms with Crippen LogP contribution in [0.2, 0.25) is 0 Å². The Morgan fingerprint density at radius 2 is 0.714 bits per heavy atom. The Balaban J connectivity index is 0.000000231. The van der Waals surface area contributed by atoms with Crippen molar-refractivity contribution < 1.29 is 97.4 Å². The number of nitrogens with zero attached hydrogens (tertiary/aromatic N) is 4. The van der Waals surface area contributed by atoms with Crippen LogP contribution < -0.4 is 28.4 Å². The molecule has 8 rings (SSSR count). The Morgan fingerprint density at radius 3 is 1.06 bits per heavy atom. The van der Waals surface area contributed by atoms with Gasteiger partial charge in [0, 0.05) is 105 Å².